The van der Waals surface area contributed by atoms with Gasteiger partial charge in [0.05, 0.1) is 11.1 Å². The van der Waals surface area contributed by atoms with Crippen molar-refractivity contribution in [1.29, 1.82) is 0 Å². The highest BCUT2D eigenvalue weighted by atomic mass is 16.1. The van der Waals surface area contributed by atoms with Crippen LogP contribution in [0, 0.1) is 19.8 Å². The van der Waals surface area contributed by atoms with Crippen molar-refractivity contribution >= 4 is 10.9 Å². The molecule has 160 valence electrons. The van der Waals surface area contributed by atoms with Crippen LogP contribution in [0.5, 0.6) is 0 Å². The maximum Gasteiger partial charge on any atom is 0.253 e. The number of aromatic amines is 1. The Morgan fingerprint density at radius 3 is 2.67 bits per heavy atom. The molecule has 7 nitrogen and oxygen atoms in total. The molecule has 0 amide bonds. The van der Waals surface area contributed by atoms with Gasteiger partial charge in [-0.05, 0) is 93.4 Å². The lowest BCUT2D eigenvalue weighted by molar-refractivity contribution is 0.137. The van der Waals surface area contributed by atoms with E-state index in [1.807, 2.05) is 17.7 Å². The third kappa shape index (κ3) is 3.78. The number of likely N-dealkylation sites (tertiary alicyclic amines) is 1. The topological polar surface area (TPSA) is 79.7 Å². The molecule has 0 spiro atoms. The highest BCUT2D eigenvalue weighted by Gasteiger charge is 2.35. The number of nitrogens with one attached hydrogen (secondary N) is 1. The molecule has 3 aromatic rings. The molecule has 1 aliphatic rings. The smallest absolute Gasteiger partial charge is 0.253 e. The minimum atomic E-state index is -0.282. The molecule has 0 saturated carbocycles. The Balaban J connectivity index is 1.94. The highest BCUT2D eigenvalue weighted by Crippen LogP contribution is 2.32. The van der Waals surface area contributed by atoms with E-state index >= 15 is 0 Å². The van der Waals surface area contributed by atoms with Crippen LogP contribution in [0.2, 0.25) is 0 Å². The Morgan fingerprint density at radius 1 is 1.20 bits per heavy atom. The van der Waals surface area contributed by atoms with Crippen LogP contribution in [-0.4, -0.2) is 43.2 Å². The molecule has 1 aliphatic heterocycles. The van der Waals surface area contributed by atoms with Crippen LogP contribution in [0.3, 0.4) is 0 Å². The number of rotatable bonds is 3. The molecule has 1 saturated heterocycles. The van der Waals surface area contributed by atoms with Crippen molar-refractivity contribution in [2.24, 2.45) is 5.92 Å². The fourth-order valence-electron chi connectivity index (χ4n) is 4.71. The molecule has 4 rings (SSSR count). The second-order valence-corrected chi connectivity index (χ2v) is 9.86. The van der Waals surface area contributed by atoms with Crippen molar-refractivity contribution in [1.82, 2.24) is 30.1 Å². The van der Waals surface area contributed by atoms with Crippen molar-refractivity contribution in [3.63, 3.8) is 0 Å². The standard InChI is InChI=1S/C23H32N6O/c1-14-8-7-9-28(13-14)20(21-25-26-27-29(21)23(4,5)6)18-12-17-11-15(2)10-16(3)19(17)24-22(18)30/h10-12,14,20H,7-9,13H2,1-6H3,(H,24,30)/t14-,20+/m1/s1. The molecule has 0 unspecified atom stereocenters. The van der Waals surface area contributed by atoms with Crippen molar-refractivity contribution in [2.45, 2.75) is 66.0 Å². The Labute approximate surface area is 177 Å². The summed E-state index contributed by atoms with van der Waals surface area (Å²) < 4.78 is 1.86. The lowest BCUT2D eigenvalue weighted by Crippen LogP contribution is -2.42. The average Bonchev–Trinajstić information content (AvgIpc) is 3.13. The van der Waals surface area contributed by atoms with Crippen LogP contribution in [0.15, 0.2) is 23.0 Å². The normalized spacial score (nSPS) is 19.3. The zero-order valence-corrected chi connectivity index (χ0v) is 18.9. The summed E-state index contributed by atoms with van der Waals surface area (Å²) in [6.07, 6.45) is 2.32. The zero-order chi connectivity index (χ0) is 21.6. The predicted octanol–water partition coefficient (Wildman–Crippen LogP) is 3.71. The maximum atomic E-state index is 13.3. The molecule has 3 heterocycles. The number of tetrazole rings is 1. The third-order valence-corrected chi connectivity index (χ3v) is 6.04. The first-order valence-electron chi connectivity index (χ1n) is 10.8. The molecular weight excluding hydrogens is 376 g/mol. The van der Waals surface area contributed by atoms with Gasteiger partial charge in [0.25, 0.3) is 5.56 Å². The van der Waals surface area contributed by atoms with Crippen LogP contribution in [0.25, 0.3) is 10.9 Å². The molecule has 1 fully saturated rings. The molecule has 0 radical (unpaired) electrons. The zero-order valence-electron chi connectivity index (χ0n) is 18.9. The summed E-state index contributed by atoms with van der Waals surface area (Å²) in [7, 11) is 0. The molecule has 30 heavy (non-hydrogen) atoms. The summed E-state index contributed by atoms with van der Waals surface area (Å²) in [5.74, 6) is 1.30. The van der Waals surface area contributed by atoms with Crippen LogP contribution < -0.4 is 5.56 Å². The fourth-order valence-corrected chi connectivity index (χ4v) is 4.71. The number of nitrogens with zero attached hydrogens (tertiary/aromatic N) is 5. The summed E-state index contributed by atoms with van der Waals surface area (Å²) in [6.45, 7) is 14.5. The van der Waals surface area contributed by atoms with Crippen LogP contribution >= 0.6 is 0 Å². The van der Waals surface area contributed by atoms with Gasteiger partial charge in [0.15, 0.2) is 5.82 Å². The number of H-pyrrole nitrogens is 1. The number of fused-ring (bicyclic) bond motifs is 1. The number of piperidine rings is 1. The molecular formula is C23H32N6O. The monoisotopic (exact) mass is 408 g/mol. The van der Waals surface area contributed by atoms with Gasteiger partial charge in [-0.1, -0.05) is 18.6 Å². The van der Waals surface area contributed by atoms with E-state index in [2.05, 4.69) is 72.2 Å². The van der Waals surface area contributed by atoms with Gasteiger partial charge < -0.3 is 4.98 Å². The van der Waals surface area contributed by atoms with Crippen LogP contribution in [0.4, 0.5) is 0 Å². The quantitative estimate of drug-likeness (QED) is 0.715. The molecule has 2 atom stereocenters. The SMILES string of the molecule is Cc1cc(C)c2[nH]c(=O)c([C@@H](c3nnnn3C(C)(C)C)N3CCC[C@@H](C)C3)cc2c1. The lowest BCUT2D eigenvalue weighted by Gasteiger charge is -2.37. The van der Waals surface area contributed by atoms with E-state index in [4.69, 9.17) is 0 Å². The van der Waals surface area contributed by atoms with Gasteiger partial charge >= 0.3 is 0 Å². The Morgan fingerprint density at radius 2 is 1.97 bits per heavy atom. The van der Waals surface area contributed by atoms with Crippen molar-refractivity contribution in [3.8, 4) is 0 Å². The van der Waals surface area contributed by atoms with Gasteiger partial charge in [0.1, 0.15) is 6.04 Å². The number of hydrogen-bond acceptors (Lipinski definition) is 5. The first kappa shape index (κ1) is 20.7. The van der Waals surface area contributed by atoms with Gasteiger partial charge in [0, 0.05) is 12.1 Å². The summed E-state index contributed by atoms with van der Waals surface area (Å²) in [6, 6.07) is 5.99. The average molecular weight is 409 g/mol. The lowest BCUT2D eigenvalue weighted by atomic mass is 9.94. The largest absolute Gasteiger partial charge is 0.321 e. The van der Waals surface area contributed by atoms with Crippen LogP contribution in [-0.2, 0) is 5.54 Å². The molecule has 2 aromatic heterocycles. The molecule has 0 aliphatic carbocycles. The summed E-state index contributed by atoms with van der Waals surface area (Å²) >= 11 is 0. The van der Waals surface area contributed by atoms with E-state index in [9.17, 15) is 4.79 Å². The van der Waals surface area contributed by atoms with Gasteiger partial charge in [-0.25, -0.2) is 4.68 Å². The Bertz CT molecular complexity index is 1120. The summed E-state index contributed by atoms with van der Waals surface area (Å²) in [4.78, 5) is 18.9. The number of pyridine rings is 1. The van der Waals surface area contributed by atoms with E-state index < -0.39 is 0 Å². The molecule has 1 aromatic carbocycles. The number of hydrogen-bond donors (Lipinski definition) is 1. The predicted molar refractivity (Wildman–Crippen MR) is 119 cm³/mol. The minimum absolute atomic E-state index is 0.0684. The number of benzene rings is 1. The van der Waals surface area contributed by atoms with Gasteiger partial charge in [0.2, 0.25) is 0 Å². The minimum Gasteiger partial charge on any atom is -0.321 e. The Hall–Kier alpha value is -2.54. The highest BCUT2D eigenvalue weighted by molar-refractivity contribution is 5.83. The van der Waals surface area contributed by atoms with Crippen LogP contribution in [0.1, 0.15) is 69.1 Å². The van der Waals surface area contributed by atoms with E-state index in [0.717, 1.165) is 41.8 Å². The van der Waals surface area contributed by atoms with Gasteiger partial charge in [-0.2, -0.15) is 0 Å². The summed E-state index contributed by atoms with van der Waals surface area (Å²) in [5, 5.41) is 13.7. The molecule has 7 heteroatoms. The fraction of sp³-hybridized carbons (Fsp3) is 0.565. The second kappa shape index (κ2) is 7.61. The maximum absolute atomic E-state index is 13.3. The van der Waals surface area contributed by atoms with E-state index in [1.165, 1.54) is 12.0 Å². The second-order valence-electron chi connectivity index (χ2n) is 9.86. The third-order valence-electron chi connectivity index (χ3n) is 6.04. The van der Waals surface area contributed by atoms with E-state index in [-0.39, 0.29) is 17.1 Å². The Kier molecular flexibility index (Phi) is 5.26. The molecule has 0 bridgehead atoms. The number of aryl methyl sites for hydroxylation is 2. The van der Waals surface area contributed by atoms with Crippen molar-refractivity contribution < 1.29 is 0 Å². The van der Waals surface area contributed by atoms with E-state index in [1.54, 1.807) is 0 Å². The van der Waals surface area contributed by atoms with Crippen molar-refractivity contribution in [2.75, 3.05) is 13.1 Å². The van der Waals surface area contributed by atoms with E-state index in [0.29, 0.717) is 11.5 Å². The first-order valence-corrected chi connectivity index (χ1v) is 10.8. The van der Waals surface area contributed by atoms with Gasteiger partial charge in [-0.3, -0.25) is 9.69 Å². The van der Waals surface area contributed by atoms with Gasteiger partial charge in [-0.15, -0.1) is 5.10 Å². The number of aromatic nitrogens is 5. The molecule has 1 N–H and O–H groups in total. The first-order chi connectivity index (χ1) is 14.1. The van der Waals surface area contributed by atoms with Crippen molar-refractivity contribution in [3.05, 3.63) is 51.1 Å². The summed E-state index contributed by atoms with van der Waals surface area (Å²) in [5.41, 5.74) is 3.52.